The Morgan fingerprint density at radius 3 is 2.13 bits per heavy atom. The van der Waals surface area contributed by atoms with Crippen LogP contribution in [0.1, 0.15) is 30.9 Å². The molecular formula is C11H12BrF3. The molecule has 0 N–H and O–H groups in total. The van der Waals surface area contributed by atoms with Crippen LogP contribution >= 0.6 is 15.9 Å². The predicted octanol–water partition coefficient (Wildman–Crippen LogP) is 4.59. The molecule has 1 aromatic carbocycles. The maximum atomic E-state index is 12.7. The average molecular weight is 281 g/mol. The molecule has 84 valence electrons. The molecule has 0 fully saturated rings. The zero-order valence-electron chi connectivity index (χ0n) is 8.48. The van der Waals surface area contributed by atoms with Gasteiger partial charge in [-0.15, -0.1) is 0 Å². The molecule has 2 atom stereocenters. The Kier molecular flexibility index (Phi) is 3.82. The second kappa shape index (κ2) is 4.56. The molecule has 0 saturated heterocycles. The molecule has 0 spiro atoms. The summed E-state index contributed by atoms with van der Waals surface area (Å²) in [7, 11) is 0. The van der Waals surface area contributed by atoms with Gasteiger partial charge in [-0.05, 0) is 17.5 Å². The minimum absolute atomic E-state index is 0.0148. The molecule has 0 amide bonds. The summed E-state index contributed by atoms with van der Waals surface area (Å²) in [5, 5.41) is 0. The molecule has 0 aliphatic carbocycles. The van der Waals surface area contributed by atoms with Gasteiger partial charge < -0.3 is 0 Å². The van der Waals surface area contributed by atoms with Crippen molar-refractivity contribution in [2.24, 2.45) is 0 Å². The Balaban J connectivity index is 3.18. The van der Waals surface area contributed by atoms with Gasteiger partial charge >= 0.3 is 6.18 Å². The predicted molar refractivity (Wildman–Crippen MR) is 58.2 cm³/mol. The number of hydrogen-bond donors (Lipinski definition) is 0. The molecule has 0 aliphatic heterocycles. The van der Waals surface area contributed by atoms with Crippen molar-refractivity contribution < 1.29 is 13.2 Å². The van der Waals surface area contributed by atoms with Gasteiger partial charge in [0.05, 0.1) is 5.56 Å². The van der Waals surface area contributed by atoms with Crippen LogP contribution in [0.15, 0.2) is 24.3 Å². The van der Waals surface area contributed by atoms with Gasteiger partial charge in [-0.2, -0.15) is 13.2 Å². The van der Waals surface area contributed by atoms with E-state index in [1.54, 1.807) is 13.0 Å². The van der Waals surface area contributed by atoms with Crippen molar-refractivity contribution in [1.82, 2.24) is 0 Å². The normalized spacial score (nSPS) is 16.1. The van der Waals surface area contributed by atoms with Gasteiger partial charge in [0.15, 0.2) is 0 Å². The van der Waals surface area contributed by atoms with Crippen molar-refractivity contribution in [3.63, 3.8) is 0 Å². The van der Waals surface area contributed by atoms with E-state index in [1.807, 2.05) is 6.92 Å². The monoisotopic (exact) mass is 280 g/mol. The molecular weight excluding hydrogens is 269 g/mol. The third-order valence-electron chi connectivity index (χ3n) is 2.45. The maximum Gasteiger partial charge on any atom is 0.416 e. The van der Waals surface area contributed by atoms with Crippen molar-refractivity contribution in [3.05, 3.63) is 35.4 Å². The molecule has 0 heterocycles. The van der Waals surface area contributed by atoms with Gasteiger partial charge in [0.1, 0.15) is 0 Å². The van der Waals surface area contributed by atoms with Crippen molar-refractivity contribution in [1.29, 1.82) is 0 Å². The SMILES string of the molecule is CC(Br)C(C)c1ccccc1C(F)(F)F. The zero-order chi connectivity index (χ0) is 11.6. The quantitative estimate of drug-likeness (QED) is 0.695. The molecule has 1 aromatic rings. The van der Waals surface area contributed by atoms with E-state index < -0.39 is 11.7 Å². The van der Waals surface area contributed by atoms with Gasteiger partial charge in [-0.25, -0.2) is 0 Å². The standard InChI is InChI=1S/C11H12BrF3/c1-7(8(2)12)9-5-3-4-6-10(9)11(13,14)15/h3-8H,1-2H3. The Morgan fingerprint density at radius 1 is 1.13 bits per heavy atom. The Morgan fingerprint density at radius 2 is 1.67 bits per heavy atom. The minimum Gasteiger partial charge on any atom is -0.166 e. The van der Waals surface area contributed by atoms with Gasteiger partial charge in [0.25, 0.3) is 0 Å². The van der Waals surface area contributed by atoms with Crippen LogP contribution in [0.25, 0.3) is 0 Å². The molecule has 0 nitrogen and oxygen atoms in total. The smallest absolute Gasteiger partial charge is 0.166 e. The van der Waals surface area contributed by atoms with Crippen LogP contribution in [0.2, 0.25) is 0 Å². The highest BCUT2D eigenvalue weighted by atomic mass is 79.9. The summed E-state index contributed by atoms with van der Waals surface area (Å²) < 4.78 is 38.0. The van der Waals surface area contributed by atoms with E-state index >= 15 is 0 Å². The molecule has 0 radical (unpaired) electrons. The average Bonchev–Trinajstić information content (AvgIpc) is 2.15. The van der Waals surface area contributed by atoms with Crippen molar-refractivity contribution in [3.8, 4) is 0 Å². The summed E-state index contributed by atoms with van der Waals surface area (Å²) in [4.78, 5) is 0.0148. The maximum absolute atomic E-state index is 12.7. The van der Waals surface area contributed by atoms with Gasteiger partial charge in [-0.3, -0.25) is 0 Å². The van der Waals surface area contributed by atoms with E-state index in [9.17, 15) is 13.2 Å². The van der Waals surface area contributed by atoms with Gasteiger partial charge in [-0.1, -0.05) is 48.0 Å². The fraction of sp³-hybridized carbons (Fsp3) is 0.455. The van der Waals surface area contributed by atoms with E-state index in [-0.39, 0.29) is 10.7 Å². The summed E-state index contributed by atoms with van der Waals surface area (Å²) in [6.07, 6.45) is -4.27. The lowest BCUT2D eigenvalue weighted by molar-refractivity contribution is -0.138. The molecule has 2 unspecified atom stereocenters. The first-order valence-electron chi connectivity index (χ1n) is 4.64. The number of halogens is 4. The van der Waals surface area contributed by atoms with E-state index in [0.717, 1.165) is 6.07 Å². The Bertz CT molecular complexity index is 331. The molecule has 0 saturated carbocycles. The van der Waals surface area contributed by atoms with Crippen LogP contribution in [0.5, 0.6) is 0 Å². The van der Waals surface area contributed by atoms with Gasteiger partial charge in [0, 0.05) is 4.83 Å². The summed E-state index contributed by atoms with van der Waals surface area (Å²) >= 11 is 3.31. The molecule has 4 heteroatoms. The van der Waals surface area contributed by atoms with E-state index in [0.29, 0.717) is 5.56 Å². The third-order valence-corrected chi connectivity index (χ3v) is 3.24. The van der Waals surface area contributed by atoms with E-state index in [2.05, 4.69) is 15.9 Å². The summed E-state index contributed by atoms with van der Waals surface area (Å²) in [6, 6.07) is 5.71. The van der Waals surface area contributed by atoms with Crippen molar-refractivity contribution in [2.75, 3.05) is 0 Å². The highest BCUT2D eigenvalue weighted by Gasteiger charge is 2.34. The molecule has 0 bridgehead atoms. The van der Waals surface area contributed by atoms with Crippen LogP contribution in [-0.2, 0) is 6.18 Å². The highest BCUT2D eigenvalue weighted by Crippen LogP contribution is 2.37. The fourth-order valence-electron chi connectivity index (χ4n) is 1.40. The summed E-state index contributed by atoms with van der Waals surface area (Å²) in [5.74, 6) is -0.164. The largest absolute Gasteiger partial charge is 0.416 e. The fourth-order valence-corrected chi connectivity index (χ4v) is 1.68. The Hall–Kier alpha value is -0.510. The number of rotatable bonds is 2. The highest BCUT2D eigenvalue weighted by molar-refractivity contribution is 9.09. The van der Waals surface area contributed by atoms with Crippen LogP contribution in [0.4, 0.5) is 13.2 Å². The molecule has 0 aliphatic rings. The lowest BCUT2D eigenvalue weighted by atomic mass is 9.93. The molecule has 1 rings (SSSR count). The number of hydrogen-bond acceptors (Lipinski definition) is 0. The lowest BCUT2D eigenvalue weighted by Crippen LogP contribution is -2.14. The lowest BCUT2D eigenvalue weighted by Gasteiger charge is -2.19. The van der Waals surface area contributed by atoms with Crippen LogP contribution < -0.4 is 0 Å². The molecule has 0 aromatic heterocycles. The number of benzene rings is 1. The van der Waals surface area contributed by atoms with Crippen LogP contribution in [-0.4, -0.2) is 4.83 Å². The first-order chi connectivity index (χ1) is 6.84. The molecule has 15 heavy (non-hydrogen) atoms. The van der Waals surface area contributed by atoms with Crippen molar-refractivity contribution in [2.45, 2.75) is 30.8 Å². The topological polar surface area (TPSA) is 0 Å². The van der Waals surface area contributed by atoms with Crippen LogP contribution in [0, 0.1) is 0 Å². The zero-order valence-corrected chi connectivity index (χ0v) is 10.1. The van der Waals surface area contributed by atoms with Crippen molar-refractivity contribution >= 4 is 15.9 Å². The minimum atomic E-state index is -4.27. The third kappa shape index (κ3) is 2.97. The van der Waals surface area contributed by atoms with Gasteiger partial charge in [0.2, 0.25) is 0 Å². The summed E-state index contributed by atoms with van der Waals surface area (Å²) in [6.45, 7) is 3.63. The second-order valence-electron chi connectivity index (χ2n) is 3.55. The first-order valence-corrected chi connectivity index (χ1v) is 5.55. The van der Waals surface area contributed by atoms with Crippen LogP contribution in [0.3, 0.4) is 0 Å². The number of alkyl halides is 4. The second-order valence-corrected chi connectivity index (χ2v) is 5.00. The first kappa shape index (κ1) is 12.6. The van der Waals surface area contributed by atoms with E-state index in [1.165, 1.54) is 12.1 Å². The Labute approximate surface area is 95.6 Å². The summed E-state index contributed by atoms with van der Waals surface area (Å²) in [5.41, 5.74) is -0.196. The van der Waals surface area contributed by atoms with E-state index in [4.69, 9.17) is 0 Å².